The van der Waals surface area contributed by atoms with Crippen LogP contribution >= 0.6 is 11.3 Å². The highest BCUT2D eigenvalue weighted by atomic mass is 32.2. The van der Waals surface area contributed by atoms with Crippen molar-refractivity contribution >= 4 is 26.5 Å². The van der Waals surface area contributed by atoms with Crippen LogP contribution in [0.4, 0.5) is 27.1 Å². The quantitative estimate of drug-likeness (QED) is 0.322. The molecule has 0 spiro atoms. The summed E-state index contributed by atoms with van der Waals surface area (Å²) in [6.07, 6.45) is -1.05. The molecule has 2 aromatic heterocycles. The van der Waals surface area contributed by atoms with Gasteiger partial charge in [-0.05, 0) is 18.2 Å². The first-order valence-corrected chi connectivity index (χ1v) is 11.4. The largest absolute Gasteiger partial charge is 0.573 e. The van der Waals surface area contributed by atoms with E-state index in [9.17, 15) is 30.4 Å². The third kappa shape index (κ3) is 5.26. The zero-order valence-electron chi connectivity index (χ0n) is 16.4. The summed E-state index contributed by atoms with van der Waals surface area (Å²) in [5.41, 5.74) is 0.271. The lowest BCUT2D eigenvalue weighted by atomic mass is 10.1. The summed E-state index contributed by atoms with van der Waals surface area (Å²) in [6, 6.07) is 3.86. The third-order valence-electron chi connectivity index (χ3n) is 4.14. The molecule has 2 heterocycles. The van der Waals surface area contributed by atoms with Crippen molar-refractivity contribution < 1.29 is 39.8 Å². The molecular weight excluding hydrogens is 507 g/mol. The Morgan fingerprint density at radius 3 is 2.50 bits per heavy atom. The van der Waals surface area contributed by atoms with Crippen LogP contribution in [0.3, 0.4) is 0 Å². The smallest absolute Gasteiger partial charge is 0.454 e. The second-order valence-electron chi connectivity index (χ2n) is 6.45. The molecule has 0 radical (unpaired) electrons. The van der Waals surface area contributed by atoms with Gasteiger partial charge in [-0.2, -0.15) is 5.10 Å². The molecule has 0 unspecified atom stereocenters. The highest BCUT2D eigenvalue weighted by Gasteiger charge is 2.31. The summed E-state index contributed by atoms with van der Waals surface area (Å²) in [6.45, 7) is 0. The highest BCUT2D eigenvalue weighted by molar-refractivity contribution is 7.93. The van der Waals surface area contributed by atoms with E-state index in [-0.39, 0.29) is 22.0 Å². The van der Waals surface area contributed by atoms with Crippen molar-refractivity contribution in [1.29, 1.82) is 0 Å². The average Bonchev–Trinajstić information content (AvgIpc) is 3.44. The van der Waals surface area contributed by atoms with Crippen LogP contribution in [0.15, 0.2) is 59.2 Å². The molecule has 0 amide bonds. The first-order valence-electron chi connectivity index (χ1n) is 9.00. The number of ether oxygens (including phenoxy) is 2. The highest BCUT2D eigenvalue weighted by Crippen LogP contribution is 2.38. The normalized spacial score (nSPS) is 11.9. The molecule has 0 fully saturated rings. The summed E-state index contributed by atoms with van der Waals surface area (Å²) in [5, 5.41) is 7.60. The van der Waals surface area contributed by atoms with Crippen LogP contribution in [0.5, 0.6) is 17.2 Å². The Labute approximate surface area is 192 Å². The minimum absolute atomic E-state index is 0.0115. The molecule has 8 nitrogen and oxygen atoms in total. The van der Waals surface area contributed by atoms with Gasteiger partial charge in [-0.25, -0.2) is 22.2 Å². The molecule has 34 heavy (non-hydrogen) atoms. The van der Waals surface area contributed by atoms with Gasteiger partial charge in [0, 0.05) is 41.0 Å². The van der Waals surface area contributed by atoms with Gasteiger partial charge in [0.2, 0.25) is 0 Å². The summed E-state index contributed by atoms with van der Waals surface area (Å²) in [5.74, 6) is -4.04. The van der Waals surface area contributed by atoms with Crippen molar-refractivity contribution in [2.45, 2.75) is 11.3 Å². The number of aromatic amines is 1. The first-order chi connectivity index (χ1) is 16.0. The van der Waals surface area contributed by atoms with Crippen LogP contribution in [0.1, 0.15) is 0 Å². The molecule has 0 aliphatic rings. The Bertz CT molecular complexity index is 1410. The maximum Gasteiger partial charge on any atom is 0.573 e. The second kappa shape index (κ2) is 8.90. The van der Waals surface area contributed by atoms with Crippen molar-refractivity contribution in [1.82, 2.24) is 15.2 Å². The minimum Gasteiger partial charge on any atom is -0.454 e. The predicted molar refractivity (Wildman–Crippen MR) is 110 cm³/mol. The van der Waals surface area contributed by atoms with E-state index in [1.807, 2.05) is 4.72 Å². The fraction of sp³-hybridized carbons (Fsp3) is 0.0526. The lowest BCUT2D eigenvalue weighted by Crippen LogP contribution is -2.17. The summed E-state index contributed by atoms with van der Waals surface area (Å²) in [4.78, 5) is 2.73. The first kappa shape index (κ1) is 23.4. The van der Waals surface area contributed by atoms with Crippen LogP contribution in [0.2, 0.25) is 0 Å². The standard InChI is InChI=1S/C19H11F5N4O4S2/c20-13-7-17(34(29,30)28-18-25-3-4-33-18)14(21)6-16(13)31-15-2-1-11(32-19(22,23)24)5-12(15)10-8-26-27-9-10/h1-9H,(H,25,28)(H,26,27). The number of benzene rings is 2. The second-order valence-corrected chi connectivity index (χ2v) is 9.00. The molecule has 0 bridgehead atoms. The summed E-state index contributed by atoms with van der Waals surface area (Å²) in [7, 11) is -4.50. The van der Waals surface area contributed by atoms with Gasteiger partial charge in [-0.15, -0.1) is 24.5 Å². The van der Waals surface area contributed by atoms with Gasteiger partial charge in [0.15, 0.2) is 16.7 Å². The van der Waals surface area contributed by atoms with Crippen molar-refractivity contribution in [3.63, 3.8) is 0 Å². The number of anilines is 1. The third-order valence-corrected chi connectivity index (χ3v) is 6.32. The number of halogens is 5. The fourth-order valence-electron chi connectivity index (χ4n) is 2.78. The van der Waals surface area contributed by atoms with E-state index in [1.54, 1.807) is 0 Å². The van der Waals surface area contributed by atoms with Gasteiger partial charge in [0.25, 0.3) is 10.0 Å². The Balaban J connectivity index is 1.68. The lowest BCUT2D eigenvalue weighted by Gasteiger charge is -2.15. The van der Waals surface area contributed by atoms with Crippen LogP contribution in [0.25, 0.3) is 11.1 Å². The van der Waals surface area contributed by atoms with E-state index in [0.29, 0.717) is 12.1 Å². The van der Waals surface area contributed by atoms with Crippen molar-refractivity contribution in [2.75, 3.05) is 4.72 Å². The Morgan fingerprint density at radius 2 is 1.85 bits per heavy atom. The number of alkyl halides is 3. The molecule has 4 aromatic rings. The molecule has 4 rings (SSSR count). The van der Waals surface area contributed by atoms with Crippen LogP contribution in [0, 0.1) is 11.6 Å². The van der Waals surface area contributed by atoms with Gasteiger partial charge < -0.3 is 9.47 Å². The summed E-state index contributed by atoms with van der Waals surface area (Å²) < 4.78 is 103. The van der Waals surface area contributed by atoms with Crippen LogP contribution < -0.4 is 14.2 Å². The minimum atomic E-state index is -4.96. The average molecular weight is 518 g/mol. The van der Waals surface area contributed by atoms with E-state index >= 15 is 0 Å². The topological polar surface area (TPSA) is 106 Å². The Morgan fingerprint density at radius 1 is 1.06 bits per heavy atom. The van der Waals surface area contributed by atoms with Crippen molar-refractivity contribution in [2.24, 2.45) is 0 Å². The van der Waals surface area contributed by atoms with E-state index < -0.39 is 44.4 Å². The van der Waals surface area contributed by atoms with Gasteiger partial charge in [-0.3, -0.25) is 9.82 Å². The Hall–Kier alpha value is -3.72. The van der Waals surface area contributed by atoms with Crippen LogP contribution in [-0.4, -0.2) is 30.0 Å². The molecule has 0 saturated carbocycles. The van der Waals surface area contributed by atoms with E-state index in [0.717, 1.165) is 29.5 Å². The van der Waals surface area contributed by atoms with E-state index in [1.165, 1.54) is 24.0 Å². The number of hydrogen-bond donors (Lipinski definition) is 2. The molecule has 2 N–H and O–H groups in total. The molecule has 0 aliphatic carbocycles. The number of aromatic nitrogens is 3. The van der Waals surface area contributed by atoms with Gasteiger partial charge >= 0.3 is 6.36 Å². The maximum absolute atomic E-state index is 14.7. The molecular formula is C19H11F5N4O4S2. The molecule has 2 aromatic carbocycles. The summed E-state index contributed by atoms with van der Waals surface area (Å²) >= 11 is 0.934. The zero-order valence-corrected chi connectivity index (χ0v) is 18.1. The molecule has 0 atom stereocenters. The molecule has 0 aliphatic heterocycles. The fourth-order valence-corrected chi connectivity index (χ4v) is 4.64. The van der Waals surface area contributed by atoms with Gasteiger partial charge in [-0.1, -0.05) is 0 Å². The van der Waals surface area contributed by atoms with Gasteiger partial charge in [0.1, 0.15) is 22.2 Å². The van der Waals surface area contributed by atoms with E-state index in [2.05, 4.69) is 19.9 Å². The monoisotopic (exact) mass is 518 g/mol. The van der Waals surface area contributed by atoms with E-state index in [4.69, 9.17) is 4.74 Å². The number of thiazole rings is 1. The zero-order chi connectivity index (χ0) is 24.5. The molecule has 178 valence electrons. The van der Waals surface area contributed by atoms with Gasteiger partial charge in [0.05, 0.1) is 6.20 Å². The number of H-pyrrole nitrogens is 1. The maximum atomic E-state index is 14.7. The van der Waals surface area contributed by atoms with Crippen LogP contribution in [-0.2, 0) is 10.0 Å². The molecule has 15 heteroatoms. The Kier molecular flexibility index (Phi) is 6.14. The molecule has 0 saturated heterocycles. The van der Waals surface area contributed by atoms with Crippen molar-refractivity contribution in [3.05, 3.63) is 65.9 Å². The number of hydrogen-bond acceptors (Lipinski definition) is 7. The lowest BCUT2D eigenvalue weighted by molar-refractivity contribution is -0.274. The number of nitrogens with zero attached hydrogens (tertiary/aromatic N) is 2. The number of rotatable bonds is 7. The number of sulfonamides is 1. The predicted octanol–water partition coefficient (Wildman–Crippen LogP) is 5.30. The van der Waals surface area contributed by atoms with Crippen molar-refractivity contribution in [3.8, 4) is 28.4 Å². The number of nitrogens with one attached hydrogen (secondary N) is 2. The SMILES string of the molecule is O=S(=O)(Nc1nccs1)c1cc(F)c(Oc2ccc(OC(F)(F)F)cc2-c2cn[nH]c2)cc1F.